The van der Waals surface area contributed by atoms with Crippen LogP contribution in [-0.4, -0.2) is 19.6 Å². The summed E-state index contributed by atoms with van der Waals surface area (Å²) in [5.41, 5.74) is 12.3. The Balaban J connectivity index is 1.74. The summed E-state index contributed by atoms with van der Waals surface area (Å²) in [5, 5.41) is 1.39. The van der Waals surface area contributed by atoms with Gasteiger partial charge in [0.15, 0.2) is 0 Å². The van der Waals surface area contributed by atoms with Crippen molar-refractivity contribution in [1.29, 1.82) is 0 Å². The van der Waals surface area contributed by atoms with Crippen LogP contribution in [-0.2, 0) is 10.6 Å². The molecule has 1 aromatic heterocycles. The van der Waals surface area contributed by atoms with Crippen LogP contribution >= 0.6 is 0 Å². The first-order valence-electron chi connectivity index (χ1n) is 9.67. The molecule has 3 aromatic rings. The van der Waals surface area contributed by atoms with Crippen LogP contribution in [0.25, 0.3) is 16.5 Å². The van der Waals surface area contributed by atoms with Gasteiger partial charge in [-0.05, 0) is 0 Å². The van der Waals surface area contributed by atoms with Crippen molar-refractivity contribution in [3.63, 3.8) is 0 Å². The molecule has 1 heterocycles. The standard InChI is InChI=1S/C24H28AsN/c1-4-20-21-12-8-9-13-22(21)26-23(20)18-14-16-24(17-15-18,25(2)3)19-10-6-5-7-11-19/h5-14,26H,4,15-17H2,1-3H3. The Labute approximate surface area is 161 Å². The molecule has 0 spiro atoms. The Morgan fingerprint density at radius 3 is 2.38 bits per heavy atom. The first-order valence-corrected chi connectivity index (χ1v) is 14.4. The van der Waals surface area contributed by atoms with E-state index in [9.17, 15) is 0 Å². The van der Waals surface area contributed by atoms with Crippen molar-refractivity contribution in [1.82, 2.24) is 4.98 Å². The molecule has 0 aliphatic heterocycles. The molecule has 0 amide bonds. The molecule has 26 heavy (non-hydrogen) atoms. The van der Waals surface area contributed by atoms with E-state index in [1.54, 1.807) is 5.56 Å². The quantitative estimate of drug-likeness (QED) is 0.475. The van der Waals surface area contributed by atoms with Crippen molar-refractivity contribution in [3.8, 4) is 0 Å². The Hall–Kier alpha value is -1.72. The molecule has 0 saturated heterocycles. The third-order valence-electron chi connectivity index (χ3n) is 6.15. The number of hydrogen-bond acceptors (Lipinski definition) is 0. The molecule has 1 aliphatic carbocycles. The minimum atomic E-state index is -0.913. The molecule has 0 bridgehead atoms. The fourth-order valence-corrected chi connectivity index (χ4v) is 8.11. The van der Waals surface area contributed by atoms with Crippen molar-refractivity contribution in [2.24, 2.45) is 0 Å². The predicted octanol–water partition coefficient (Wildman–Crippen LogP) is 6.53. The van der Waals surface area contributed by atoms with Crippen molar-refractivity contribution in [3.05, 3.63) is 77.5 Å². The van der Waals surface area contributed by atoms with E-state index in [0.717, 1.165) is 6.42 Å². The van der Waals surface area contributed by atoms with E-state index in [2.05, 4.69) is 84.0 Å². The second-order valence-electron chi connectivity index (χ2n) is 7.60. The van der Waals surface area contributed by atoms with Crippen LogP contribution in [0.2, 0.25) is 11.4 Å². The number of aromatic nitrogens is 1. The van der Waals surface area contributed by atoms with Crippen molar-refractivity contribution >= 4 is 31.1 Å². The van der Waals surface area contributed by atoms with Gasteiger partial charge in [-0.2, -0.15) is 0 Å². The summed E-state index contributed by atoms with van der Waals surface area (Å²) in [6, 6.07) is 20.0. The minimum absolute atomic E-state index is 0.413. The molecule has 2 heteroatoms. The number of aromatic amines is 1. The number of aryl methyl sites for hydroxylation is 1. The summed E-state index contributed by atoms with van der Waals surface area (Å²) < 4.78 is 0.413. The summed E-state index contributed by atoms with van der Waals surface area (Å²) in [4.78, 5) is 3.72. The molecule has 1 atom stereocenters. The SMILES string of the molecule is CCc1c(C2=CCC(c3ccccc3)([As](C)C)CC2)[nH]c2ccccc12. The van der Waals surface area contributed by atoms with Gasteiger partial charge in [0.05, 0.1) is 0 Å². The topological polar surface area (TPSA) is 15.8 Å². The average Bonchev–Trinajstić information content (AvgIpc) is 3.07. The number of fused-ring (bicyclic) bond motifs is 1. The van der Waals surface area contributed by atoms with E-state index < -0.39 is 14.7 Å². The molecule has 1 nitrogen and oxygen atoms in total. The van der Waals surface area contributed by atoms with Crippen LogP contribution in [0.4, 0.5) is 0 Å². The molecule has 134 valence electrons. The van der Waals surface area contributed by atoms with E-state index in [0.29, 0.717) is 4.20 Å². The van der Waals surface area contributed by atoms with Gasteiger partial charge in [0.2, 0.25) is 0 Å². The van der Waals surface area contributed by atoms with Gasteiger partial charge < -0.3 is 0 Å². The van der Waals surface area contributed by atoms with Gasteiger partial charge in [0, 0.05) is 0 Å². The molecule has 0 fully saturated rings. The van der Waals surface area contributed by atoms with Crippen LogP contribution in [0.15, 0.2) is 60.7 Å². The molecule has 0 radical (unpaired) electrons. The van der Waals surface area contributed by atoms with Gasteiger partial charge in [0.1, 0.15) is 0 Å². The molecule has 2 aromatic carbocycles. The first-order chi connectivity index (χ1) is 12.7. The van der Waals surface area contributed by atoms with E-state index in [1.807, 2.05) is 0 Å². The van der Waals surface area contributed by atoms with Gasteiger partial charge in [-0.15, -0.1) is 0 Å². The molecule has 0 saturated carbocycles. The number of allylic oxidation sites excluding steroid dienone is 2. The van der Waals surface area contributed by atoms with Crippen LogP contribution in [0.1, 0.15) is 43.0 Å². The maximum absolute atomic E-state index is 3.72. The van der Waals surface area contributed by atoms with Crippen molar-refractivity contribution in [2.45, 2.75) is 48.2 Å². The van der Waals surface area contributed by atoms with E-state index >= 15 is 0 Å². The van der Waals surface area contributed by atoms with Gasteiger partial charge in [-0.25, -0.2) is 0 Å². The number of H-pyrrole nitrogens is 1. The van der Waals surface area contributed by atoms with Crippen molar-refractivity contribution in [2.75, 3.05) is 0 Å². The van der Waals surface area contributed by atoms with Gasteiger partial charge >= 0.3 is 162 Å². The fraction of sp³-hybridized carbons (Fsp3) is 0.333. The van der Waals surface area contributed by atoms with Gasteiger partial charge in [-0.3, -0.25) is 0 Å². The first kappa shape index (κ1) is 17.7. The normalized spacial score (nSPS) is 20.5. The molecular formula is C24H28AsN. The summed E-state index contributed by atoms with van der Waals surface area (Å²) in [6.45, 7) is 2.28. The number of para-hydroxylation sites is 1. The summed E-state index contributed by atoms with van der Waals surface area (Å²) in [5.74, 6) is 0. The number of benzene rings is 2. The molecule has 1 unspecified atom stereocenters. The third-order valence-corrected chi connectivity index (χ3v) is 11.1. The van der Waals surface area contributed by atoms with E-state index in [-0.39, 0.29) is 0 Å². The Kier molecular flexibility index (Phi) is 4.84. The van der Waals surface area contributed by atoms with Crippen LogP contribution in [0, 0.1) is 0 Å². The zero-order valence-electron chi connectivity index (χ0n) is 16.0. The molecule has 1 N–H and O–H groups in total. The number of nitrogens with one attached hydrogen (secondary N) is 1. The van der Waals surface area contributed by atoms with Crippen LogP contribution in [0.3, 0.4) is 0 Å². The van der Waals surface area contributed by atoms with Gasteiger partial charge in [0.25, 0.3) is 0 Å². The fourth-order valence-electron chi connectivity index (χ4n) is 4.58. The molecular weight excluding hydrogens is 377 g/mol. The number of rotatable bonds is 4. The zero-order chi connectivity index (χ0) is 18.1. The zero-order valence-corrected chi connectivity index (χ0v) is 17.9. The molecule has 4 rings (SSSR count). The van der Waals surface area contributed by atoms with Crippen LogP contribution in [0.5, 0.6) is 0 Å². The Bertz CT molecular complexity index is 935. The predicted molar refractivity (Wildman–Crippen MR) is 115 cm³/mol. The maximum atomic E-state index is 3.72. The van der Waals surface area contributed by atoms with Gasteiger partial charge in [-0.1, -0.05) is 0 Å². The summed E-state index contributed by atoms with van der Waals surface area (Å²) in [6.07, 6.45) is 7.29. The summed E-state index contributed by atoms with van der Waals surface area (Å²) in [7, 11) is 0. The number of hydrogen-bond donors (Lipinski definition) is 1. The van der Waals surface area contributed by atoms with E-state index in [4.69, 9.17) is 0 Å². The monoisotopic (exact) mass is 405 g/mol. The third kappa shape index (κ3) is 2.87. The second kappa shape index (κ2) is 7.12. The Morgan fingerprint density at radius 1 is 1.00 bits per heavy atom. The van der Waals surface area contributed by atoms with Crippen LogP contribution < -0.4 is 0 Å². The van der Waals surface area contributed by atoms with E-state index in [1.165, 1.54) is 47.0 Å². The summed E-state index contributed by atoms with van der Waals surface area (Å²) >= 11 is -0.913. The Morgan fingerprint density at radius 2 is 1.73 bits per heavy atom. The van der Waals surface area contributed by atoms with Crippen molar-refractivity contribution < 1.29 is 0 Å². The second-order valence-corrected chi connectivity index (χ2v) is 13.2. The average molecular weight is 405 g/mol. The molecule has 1 aliphatic rings.